The highest BCUT2D eigenvalue weighted by Crippen LogP contribution is 1.76. The van der Waals surface area contributed by atoms with Gasteiger partial charge in [-0.05, 0) is 12.8 Å². The van der Waals surface area contributed by atoms with Gasteiger partial charge in [0.25, 0.3) is 0 Å². The number of hydrogen-bond acceptors (Lipinski definition) is 3. The molecule has 0 saturated carbocycles. The van der Waals surface area contributed by atoms with Crippen molar-refractivity contribution in [3.63, 3.8) is 0 Å². The molecule has 0 rings (SSSR count). The van der Waals surface area contributed by atoms with Crippen molar-refractivity contribution in [2.45, 2.75) is 6.92 Å². The van der Waals surface area contributed by atoms with Crippen LogP contribution < -0.4 is 10.0 Å². The van der Waals surface area contributed by atoms with Gasteiger partial charge in [0, 0.05) is 13.1 Å². The van der Waals surface area contributed by atoms with Crippen molar-refractivity contribution in [3.8, 4) is 0 Å². The molecule has 0 amide bonds. The lowest BCUT2D eigenvalue weighted by Gasteiger charge is -1.99. The van der Waals surface area contributed by atoms with Crippen LogP contribution in [0.5, 0.6) is 0 Å². The zero-order valence-electron chi connectivity index (χ0n) is 5.53. The summed E-state index contributed by atoms with van der Waals surface area (Å²) in [5.74, 6) is 0. The number of likely N-dealkylation sites (N-methyl/N-ethyl adjacent to an activating group) is 1. The van der Waals surface area contributed by atoms with E-state index in [1.54, 1.807) is 11.9 Å². The molecule has 0 radical (unpaired) electrons. The Balaban J connectivity index is 2.53. The Morgan fingerprint density at radius 2 is 2.12 bits per heavy atom. The van der Waals surface area contributed by atoms with Crippen LogP contribution in [-0.2, 0) is 0 Å². The summed E-state index contributed by atoms with van der Waals surface area (Å²) in [4.78, 5) is 0. The minimum absolute atomic E-state index is 1.05. The predicted octanol–water partition coefficient (Wildman–Crippen LogP) is 0.463. The zero-order chi connectivity index (χ0) is 6.24. The highest BCUT2D eigenvalue weighted by molar-refractivity contribution is 7.96. The monoisotopic (exact) mass is 134 g/mol. The third-order valence-corrected chi connectivity index (χ3v) is 1.29. The molecule has 0 aliphatic carbocycles. The predicted molar refractivity (Wildman–Crippen MR) is 40.1 cm³/mol. The van der Waals surface area contributed by atoms with Gasteiger partial charge in [0.15, 0.2) is 0 Å². The summed E-state index contributed by atoms with van der Waals surface area (Å²) in [5.41, 5.74) is 0. The smallest absolute Gasteiger partial charge is 0.0184 e. The first kappa shape index (κ1) is 8.27. The molecule has 0 aromatic rings. The van der Waals surface area contributed by atoms with E-state index < -0.39 is 0 Å². The molecule has 0 aromatic carbocycles. The van der Waals surface area contributed by atoms with E-state index in [9.17, 15) is 0 Å². The van der Waals surface area contributed by atoms with E-state index in [2.05, 4.69) is 17.0 Å². The second-order valence-corrected chi connectivity index (χ2v) is 2.15. The average molecular weight is 134 g/mol. The summed E-state index contributed by atoms with van der Waals surface area (Å²) in [5, 5.41) is 3.21. The molecule has 2 nitrogen and oxygen atoms in total. The normalized spacial score (nSPS) is 9.75. The maximum Gasteiger partial charge on any atom is 0.0184 e. The molecule has 0 aliphatic heterocycles. The maximum absolute atomic E-state index is 3.21. The molecule has 8 heavy (non-hydrogen) atoms. The number of hydrogen-bond donors (Lipinski definition) is 2. The second kappa shape index (κ2) is 7.27. The Kier molecular flexibility index (Phi) is 7.52. The number of rotatable bonds is 5. The molecule has 3 heteroatoms. The molecule has 2 N–H and O–H groups in total. The quantitative estimate of drug-likeness (QED) is 0.422. The fourth-order valence-corrected chi connectivity index (χ4v) is 0.724. The fourth-order valence-electron chi connectivity index (χ4n) is 0.418. The molecule has 0 aliphatic rings. The summed E-state index contributed by atoms with van der Waals surface area (Å²) in [7, 11) is 0. The summed E-state index contributed by atoms with van der Waals surface area (Å²) >= 11 is 1.66. The van der Waals surface area contributed by atoms with Crippen LogP contribution in [0.3, 0.4) is 0 Å². The Morgan fingerprint density at radius 1 is 1.38 bits per heavy atom. The van der Waals surface area contributed by atoms with Gasteiger partial charge in [0.1, 0.15) is 0 Å². The fraction of sp³-hybridized carbons (Fsp3) is 1.00. The van der Waals surface area contributed by atoms with Crippen molar-refractivity contribution < 1.29 is 0 Å². The van der Waals surface area contributed by atoms with Crippen LogP contribution in [0, 0.1) is 0 Å². The molecule has 0 bridgehead atoms. The Hall–Kier alpha value is 0.270. The summed E-state index contributed by atoms with van der Waals surface area (Å²) < 4.78 is 3.14. The number of nitrogens with one attached hydrogen (secondary N) is 2. The van der Waals surface area contributed by atoms with Crippen molar-refractivity contribution >= 4 is 11.9 Å². The van der Waals surface area contributed by atoms with E-state index in [1.165, 1.54) is 0 Å². The topological polar surface area (TPSA) is 24.1 Å². The van der Waals surface area contributed by atoms with Gasteiger partial charge in [0.2, 0.25) is 0 Å². The average Bonchev–Trinajstić information content (AvgIpc) is 1.81. The van der Waals surface area contributed by atoms with Gasteiger partial charge >= 0.3 is 0 Å². The Morgan fingerprint density at radius 3 is 2.62 bits per heavy atom. The van der Waals surface area contributed by atoms with Crippen molar-refractivity contribution in [2.75, 3.05) is 25.9 Å². The van der Waals surface area contributed by atoms with Crippen LogP contribution in [0.4, 0.5) is 0 Å². The van der Waals surface area contributed by atoms with Crippen LogP contribution in [0.25, 0.3) is 0 Å². The van der Waals surface area contributed by atoms with E-state index >= 15 is 0 Å². The van der Waals surface area contributed by atoms with Crippen molar-refractivity contribution in [1.29, 1.82) is 0 Å². The third-order valence-electron chi connectivity index (χ3n) is 0.798. The van der Waals surface area contributed by atoms with Gasteiger partial charge in [-0.2, -0.15) is 0 Å². The highest BCUT2D eigenvalue weighted by atomic mass is 32.2. The lowest BCUT2D eigenvalue weighted by molar-refractivity contribution is 0.709. The highest BCUT2D eigenvalue weighted by Gasteiger charge is 1.79. The first-order chi connectivity index (χ1) is 3.91. The van der Waals surface area contributed by atoms with Crippen molar-refractivity contribution in [3.05, 3.63) is 0 Å². The van der Waals surface area contributed by atoms with Crippen LogP contribution >= 0.6 is 11.9 Å². The van der Waals surface area contributed by atoms with Gasteiger partial charge < -0.3 is 5.32 Å². The van der Waals surface area contributed by atoms with Crippen LogP contribution in [0.15, 0.2) is 0 Å². The minimum atomic E-state index is 1.05. The maximum atomic E-state index is 3.21. The van der Waals surface area contributed by atoms with Gasteiger partial charge in [-0.1, -0.05) is 18.9 Å². The van der Waals surface area contributed by atoms with Crippen LogP contribution in [0.1, 0.15) is 6.92 Å². The molecular formula is C5H14N2S. The second-order valence-electron chi connectivity index (χ2n) is 1.45. The standard InChI is InChI=1S/C5H14N2S/c1-3-6-4-5-7-8-2/h6-7H,3-5H2,1-2H3. The van der Waals surface area contributed by atoms with Crippen molar-refractivity contribution in [2.24, 2.45) is 0 Å². The van der Waals surface area contributed by atoms with E-state index in [0.717, 1.165) is 19.6 Å². The first-order valence-corrected chi connectivity index (χ1v) is 4.10. The SMILES string of the molecule is CCNCCNSC. The molecule has 0 saturated heterocycles. The molecule has 50 valence electrons. The Labute approximate surface area is 55.6 Å². The first-order valence-electron chi connectivity index (χ1n) is 2.88. The molecule has 0 unspecified atom stereocenters. The molecule has 0 aromatic heterocycles. The van der Waals surface area contributed by atoms with Gasteiger partial charge in [-0.3, -0.25) is 4.72 Å². The summed E-state index contributed by atoms with van der Waals surface area (Å²) in [6.07, 6.45) is 2.03. The summed E-state index contributed by atoms with van der Waals surface area (Å²) in [6, 6.07) is 0. The van der Waals surface area contributed by atoms with E-state index in [-0.39, 0.29) is 0 Å². The van der Waals surface area contributed by atoms with Gasteiger partial charge in [-0.15, -0.1) is 0 Å². The van der Waals surface area contributed by atoms with Gasteiger partial charge in [0.05, 0.1) is 0 Å². The molecule has 0 fully saturated rings. The molecular weight excluding hydrogens is 120 g/mol. The Bertz CT molecular complexity index is 35.4. The lowest BCUT2D eigenvalue weighted by Crippen LogP contribution is -2.23. The van der Waals surface area contributed by atoms with E-state index in [0.29, 0.717) is 0 Å². The van der Waals surface area contributed by atoms with E-state index in [4.69, 9.17) is 0 Å². The van der Waals surface area contributed by atoms with Crippen LogP contribution in [0.2, 0.25) is 0 Å². The molecule has 0 atom stereocenters. The van der Waals surface area contributed by atoms with Gasteiger partial charge in [-0.25, -0.2) is 0 Å². The lowest BCUT2D eigenvalue weighted by atomic mass is 10.6. The largest absolute Gasteiger partial charge is 0.316 e. The zero-order valence-corrected chi connectivity index (χ0v) is 6.35. The van der Waals surface area contributed by atoms with Crippen molar-refractivity contribution in [1.82, 2.24) is 10.0 Å². The van der Waals surface area contributed by atoms with Crippen LogP contribution in [-0.4, -0.2) is 25.9 Å². The summed E-state index contributed by atoms with van der Waals surface area (Å²) in [6.45, 7) is 5.29. The third kappa shape index (κ3) is 6.27. The molecule has 0 heterocycles. The molecule has 0 spiro atoms. The minimum Gasteiger partial charge on any atom is -0.316 e. The van der Waals surface area contributed by atoms with E-state index in [1.807, 2.05) is 6.26 Å².